The number of carbonyl (C=O) groups excluding carboxylic acids is 1. The van der Waals surface area contributed by atoms with E-state index < -0.39 is 5.54 Å². The molecule has 168 valence electrons. The number of nitrogens with one attached hydrogen (secondary N) is 1. The third-order valence-corrected chi connectivity index (χ3v) is 4.83. The maximum atomic E-state index is 12.8. The van der Waals surface area contributed by atoms with E-state index >= 15 is 0 Å². The van der Waals surface area contributed by atoms with Gasteiger partial charge in [-0.3, -0.25) is 4.79 Å². The molecular formula is C22H33Cl2N3O3. The highest BCUT2D eigenvalue weighted by atomic mass is 35.5. The molecule has 1 atom stereocenters. The molecule has 0 aliphatic heterocycles. The summed E-state index contributed by atoms with van der Waals surface area (Å²) in [6.45, 7) is 9.25. The van der Waals surface area contributed by atoms with E-state index in [1.165, 1.54) is 0 Å². The van der Waals surface area contributed by atoms with Gasteiger partial charge in [0.05, 0.1) is 7.11 Å². The van der Waals surface area contributed by atoms with Gasteiger partial charge in [-0.15, -0.1) is 24.8 Å². The smallest absolute Gasteiger partial charge is 0.248 e. The third-order valence-electron chi connectivity index (χ3n) is 4.83. The predicted molar refractivity (Wildman–Crippen MR) is 127 cm³/mol. The molecule has 0 spiro atoms. The monoisotopic (exact) mass is 457 g/mol. The third kappa shape index (κ3) is 7.36. The van der Waals surface area contributed by atoms with E-state index in [9.17, 15) is 4.79 Å². The average molecular weight is 458 g/mol. The maximum Gasteiger partial charge on any atom is 0.248 e. The van der Waals surface area contributed by atoms with Crippen molar-refractivity contribution in [2.45, 2.75) is 26.3 Å². The number of anilines is 1. The number of amides is 1. The van der Waals surface area contributed by atoms with Crippen molar-refractivity contribution in [2.75, 3.05) is 38.7 Å². The van der Waals surface area contributed by atoms with Crippen LogP contribution < -0.4 is 20.5 Å². The molecule has 3 N–H and O–H groups in total. The topological polar surface area (TPSA) is 76.8 Å². The summed E-state index contributed by atoms with van der Waals surface area (Å²) in [5.41, 5.74) is 6.50. The molecule has 0 aliphatic carbocycles. The van der Waals surface area contributed by atoms with Crippen LogP contribution in [0.5, 0.6) is 11.5 Å². The lowest BCUT2D eigenvalue weighted by molar-refractivity contribution is -0.120. The maximum absolute atomic E-state index is 12.8. The summed E-state index contributed by atoms with van der Waals surface area (Å²) in [4.78, 5) is 15.0. The normalized spacial score (nSPS) is 12.2. The van der Waals surface area contributed by atoms with Crippen LogP contribution in [-0.4, -0.2) is 44.2 Å². The Hall–Kier alpha value is -1.99. The first-order valence-electron chi connectivity index (χ1n) is 9.61. The first-order chi connectivity index (χ1) is 13.4. The van der Waals surface area contributed by atoms with Crippen LogP contribution in [0.3, 0.4) is 0 Å². The zero-order valence-corrected chi connectivity index (χ0v) is 19.6. The number of carbonyl (C=O) groups is 1. The van der Waals surface area contributed by atoms with Crippen LogP contribution in [-0.2, 0) is 10.3 Å². The van der Waals surface area contributed by atoms with Crippen molar-refractivity contribution in [1.29, 1.82) is 0 Å². The molecule has 2 aromatic carbocycles. The summed E-state index contributed by atoms with van der Waals surface area (Å²) >= 11 is 0. The fourth-order valence-corrected chi connectivity index (χ4v) is 2.87. The zero-order chi connectivity index (χ0) is 20.6. The van der Waals surface area contributed by atoms with Gasteiger partial charge in [0.25, 0.3) is 0 Å². The highest BCUT2D eigenvalue weighted by Crippen LogP contribution is 2.31. The molecule has 0 bridgehead atoms. The first-order valence-corrected chi connectivity index (χ1v) is 9.61. The van der Waals surface area contributed by atoms with Gasteiger partial charge in [-0.2, -0.15) is 0 Å². The van der Waals surface area contributed by atoms with Crippen LogP contribution in [0.1, 0.15) is 26.3 Å². The second-order valence-corrected chi connectivity index (χ2v) is 6.76. The molecular weight excluding hydrogens is 425 g/mol. The van der Waals surface area contributed by atoms with Crippen LogP contribution in [0, 0.1) is 0 Å². The van der Waals surface area contributed by atoms with Crippen molar-refractivity contribution in [1.82, 2.24) is 4.90 Å². The molecule has 0 radical (unpaired) electrons. The SMILES string of the molecule is CCN(CC)CCOc1cc(NC(=O)C(C)(N)c2ccccc2)ccc1OC.Cl.Cl. The Kier molecular flexibility index (Phi) is 12.5. The number of nitrogens with two attached hydrogens (primary N) is 1. The van der Waals surface area contributed by atoms with E-state index in [2.05, 4.69) is 24.1 Å². The van der Waals surface area contributed by atoms with Crippen molar-refractivity contribution in [3.63, 3.8) is 0 Å². The molecule has 2 aromatic rings. The van der Waals surface area contributed by atoms with Gasteiger partial charge in [-0.1, -0.05) is 44.2 Å². The van der Waals surface area contributed by atoms with E-state index in [-0.39, 0.29) is 30.7 Å². The average Bonchev–Trinajstić information content (AvgIpc) is 2.72. The second-order valence-electron chi connectivity index (χ2n) is 6.76. The van der Waals surface area contributed by atoms with Crippen molar-refractivity contribution < 1.29 is 14.3 Å². The summed E-state index contributed by atoms with van der Waals surface area (Å²) in [7, 11) is 1.59. The van der Waals surface area contributed by atoms with Gasteiger partial charge < -0.3 is 25.4 Å². The van der Waals surface area contributed by atoms with Gasteiger partial charge in [-0.25, -0.2) is 0 Å². The van der Waals surface area contributed by atoms with Crippen molar-refractivity contribution in [3.8, 4) is 11.5 Å². The minimum Gasteiger partial charge on any atom is -0.493 e. The Bertz CT molecular complexity index is 769. The summed E-state index contributed by atoms with van der Waals surface area (Å²) in [5, 5.41) is 2.88. The lowest BCUT2D eigenvalue weighted by Crippen LogP contribution is -2.45. The molecule has 0 saturated carbocycles. The van der Waals surface area contributed by atoms with Gasteiger partial charge in [0, 0.05) is 18.3 Å². The molecule has 0 aliphatic rings. The highest BCUT2D eigenvalue weighted by molar-refractivity contribution is 5.98. The van der Waals surface area contributed by atoms with E-state index in [4.69, 9.17) is 15.2 Å². The summed E-state index contributed by atoms with van der Waals surface area (Å²) in [6.07, 6.45) is 0. The molecule has 1 unspecified atom stereocenters. The molecule has 2 rings (SSSR count). The Labute approximate surface area is 191 Å². The van der Waals surface area contributed by atoms with Crippen LogP contribution >= 0.6 is 24.8 Å². The number of hydrogen-bond acceptors (Lipinski definition) is 5. The fraction of sp³-hybridized carbons (Fsp3) is 0.409. The number of hydrogen-bond donors (Lipinski definition) is 2. The Morgan fingerprint density at radius 1 is 1.07 bits per heavy atom. The molecule has 0 heterocycles. The van der Waals surface area contributed by atoms with Gasteiger partial charge in [-0.05, 0) is 37.7 Å². The number of rotatable bonds is 10. The Balaban J connectivity index is 0.00000420. The minimum absolute atomic E-state index is 0. The number of ether oxygens (including phenoxy) is 2. The van der Waals surface area contributed by atoms with Crippen LogP contribution in [0.25, 0.3) is 0 Å². The molecule has 1 amide bonds. The second kappa shape index (κ2) is 13.3. The highest BCUT2D eigenvalue weighted by Gasteiger charge is 2.30. The summed E-state index contributed by atoms with van der Waals surface area (Å²) in [6, 6.07) is 14.6. The van der Waals surface area contributed by atoms with E-state index in [1.54, 1.807) is 32.2 Å². The fourth-order valence-electron chi connectivity index (χ4n) is 2.87. The predicted octanol–water partition coefficient (Wildman–Crippen LogP) is 4.07. The van der Waals surface area contributed by atoms with Crippen LogP contribution in [0.4, 0.5) is 5.69 Å². The number of nitrogens with zero attached hydrogens (tertiary/aromatic N) is 1. The minimum atomic E-state index is -1.15. The largest absolute Gasteiger partial charge is 0.493 e. The van der Waals surface area contributed by atoms with Crippen molar-refractivity contribution >= 4 is 36.4 Å². The van der Waals surface area contributed by atoms with E-state index in [0.29, 0.717) is 23.8 Å². The number of likely N-dealkylation sites (N-methyl/N-ethyl adjacent to an activating group) is 1. The Morgan fingerprint density at radius 3 is 2.27 bits per heavy atom. The number of benzene rings is 2. The molecule has 0 aromatic heterocycles. The van der Waals surface area contributed by atoms with Gasteiger partial charge >= 0.3 is 0 Å². The van der Waals surface area contributed by atoms with E-state index in [0.717, 1.165) is 25.2 Å². The zero-order valence-electron chi connectivity index (χ0n) is 18.0. The molecule has 0 fully saturated rings. The van der Waals surface area contributed by atoms with Crippen LogP contribution in [0.2, 0.25) is 0 Å². The van der Waals surface area contributed by atoms with Crippen molar-refractivity contribution in [3.05, 3.63) is 54.1 Å². The lowest BCUT2D eigenvalue weighted by atomic mass is 9.92. The summed E-state index contributed by atoms with van der Waals surface area (Å²) in [5.74, 6) is 0.917. The van der Waals surface area contributed by atoms with Crippen LogP contribution in [0.15, 0.2) is 48.5 Å². The lowest BCUT2D eigenvalue weighted by Gasteiger charge is -2.24. The van der Waals surface area contributed by atoms with E-state index in [1.807, 2.05) is 30.3 Å². The molecule has 30 heavy (non-hydrogen) atoms. The number of methoxy groups -OCH3 is 1. The molecule has 8 heteroatoms. The standard InChI is InChI=1S/C22H31N3O3.2ClH/c1-5-25(6-2)14-15-28-20-16-18(12-13-19(20)27-4)24-21(26)22(3,23)17-10-8-7-9-11-17;;/h7-13,16H,5-6,14-15,23H2,1-4H3,(H,24,26);2*1H. The molecule has 6 nitrogen and oxygen atoms in total. The first kappa shape index (κ1) is 28.0. The van der Waals surface area contributed by atoms with Gasteiger partial charge in [0.15, 0.2) is 11.5 Å². The van der Waals surface area contributed by atoms with Crippen molar-refractivity contribution in [2.24, 2.45) is 5.73 Å². The Morgan fingerprint density at radius 2 is 1.70 bits per heavy atom. The van der Waals surface area contributed by atoms with Gasteiger partial charge in [0.2, 0.25) is 5.91 Å². The quantitative estimate of drug-likeness (QED) is 0.561. The summed E-state index contributed by atoms with van der Waals surface area (Å²) < 4.78 is 11.3. The molecule has 0 saturated heterocycles. The number of halogens is 2. The van der Waals surface area contributed by atoms with Gasteiger partial charge in [0.1, 0.15) is 12.1 Å².